The Labute approximate surface area is 201 Å². The third-order valence-electron chi connectivity index (χ3n) is 5.39. The minimum atomic E-state index is -0.221. The number of para-hydroxylation sites is 2. The first-order valence-corrected chi connectivity index (χ1v) is 12.1. The summed E-state index contributed by atoms with van der Waals surface area (Å²) < 4.78 is 0. The highest BCUT2D eigenvalue weighted by molar-refractivity contribution is 6.63. The number of benzene rings is 2. The van der Waals surface area contributed by atoms with Gasteiger partial charge in [0.2, 0.25) is 5.24 Å². The maximum atomic E-state index is 11.7. The third kappa shape index (κ3) is 8.89. The minimum absolute atomic E-state index is 0.221. The lowest BCUT2D eigenvalue weighted by molar-refractivity contribution is -0.118. The number of hydrogen-bond acceptors (Lipinski definition) is 2. The molecule has 0 spiro atoms. The van der Waals surface area contributed by atoms with E-state index in [2.05, 4.69) is 48.1 Å². The quantitative estimate of drug-likeness (QED) is 0.259. The Morgan fingerprint density at radius 2 is 1.33 bits per heavy atom. The Balaban J connectivity index is 0.000000194. The number of nitrogens with one attached hydrogen (secondary N) is 2. The van der Waals surface area contributed by atoms with E-state index in [1.807, 2.05) is 43.6 Å². The molecular formula is C28H35ClN2O2. The molecule has 0 saturated carbocycles. The zero-order chi connectivity index (χ0) is 24.1. The van der Waals surface area contributed by atoms with Gasteiger partial charge in [0.15, 0.2) is 0 Å². The number of aromatic nitrogens is 2. The van der Waals surface area contributed by atoms with Crippen LogP contribution in [-0.2, 0) is 16.0 Å². The van der Waals surface area contributed by atoms with E-state index in [9.17, 15) is 9.59 Å². The zero-order valence-electron chi connectivity index (χ0n) is 19.9. The highest BCUT2D eigenvalue weighted by Gasteiger charge is 2.07. The number of halogens is 1. The van der Waals surface area contributed by atoms with Gasteiger partial charge in [-0.05, 0) is 54.6 Å². The van der Waals surface area contributed by atoms with Crippen molar-refractivity contribution in [1.82, 2.24) is 9.97 Å². The van der Waals surface area contributed by atoms with Crippen molar-refractivity contribution in [2.45, 2.75) is 65.7 Å². The second kappa shape index (κ2) is 14.3. The maximum absolute atomic E-state index is 11.7. The minimum Gasteiger partial charge on any atom is -0.361 e. The predicted octanol–water partition coefficient (Wildman–Crippen LogP) is 7.89. The van der Waals surface area contributed by atoms with Crippen molar-refractivity contribution in [2.24, 2.45) is 0 Å². The fourth-order valence-electron chi connectivity index (χ4n) is 3.48. The van der Waals surface area contributed by atoms with E-state index in [4.69, 9.17) is 11.6 Å². The molecule has 4 nitrogen and oxygen atoms in total. The lowest BCUT2D eigenvalue weighted by atomic mass is 10.0. The monoisotopic (exact) mass is 466 g/mol. The molecule has 0 aliphatic carbocycles. The average Bonchev–Trinajstić information content (AvgIpc) is 3.41. The van der Waals surface area contributed by atoms with Gasteiger partial charge in [-0.25, -0.2) is 0 Å². The van der Waals surface area contributed by atoms with Crippen LogP contribution in [0.2, 0.25) is 0 Å². The Kier molecular flexibility index (Phi) is 11.5. The number of ketones is 1. The molecular weight excluding hydrogens is 432 g/mol. The molecule has 0 aliphatic heterocycles. The summed E-state index contributed by atoms with van der Waals surface area (Å²) in [6.07, 6.45) is 9.82. The number of hydrogen-bond donors (Lipinski definition) is 2. The Bertz CT molecular complexity index is 1140. The molecule has 0 fully saturated rings. The number of rotatable bonds is 8. The zero-order valence-corrected chi connectivity index (χ0v) is 20.7. The van der Waals surface area contributed by atoms with E-state index >= 15 is 0 Å². The SMILES string of the molecule is CCCCC(=O)Cc1c[nH]c2ccccc12.CCCCC(=O)Cl.Cc1c[nH]c2ccccc12. The van der Waals surface area contributed by atoms with Crippen molar-refractivity contribution in [1.29, 1.82) is 0 Å². The van der Waals surface area contributed by atoms with Crippen LogP contribution in [0.1, 0.15) is 63.5 Å². The van der Waals surface area contributed by atoms with Crippen LogP contribution in [0.25, 0.3) is 21.8 Å². The highest BCUT2D eigenvalue weighted by Crippen LogP contribution is 2.19. The molecule has 0 saturated heterocycles. The molecule has 0 aliphatic rings. The van der Waals surface area contributed by atoms with Crippen LogP contribution in [0.4, 0.5) is 0 Å². The fraction of sp³-hybridized carbons (Fsp3) is 0.357. The van der Waals surface area contributed by atoms with Gasteiger partial charge in [0.1, 0.15) is 5.78 Å². The molecule has 0 atom stereocenters. The Morgan fingerprint density at radius 1 is 0.788 bits per heavy atom. The second-order valence-electron chi connectivity index (χ2n) is 8.15. The molecule has 2 aromatic carbocycles. The Hall–Kier alpha value is -2.85. The summed E-state index contributed by atoms with van der Waals surface area (Å²) in [4.78, 5) is 28.1. The van der Waals surface area contributed by atoms with Gasteiger partial charge in [0.25, 0.3) is 0 Å². The van der Waals surface area contributed by atoms with Gasteiger partial charge in [0.05, 0.1) is 0 Å². The first-order chi connectivity index (χ1) is 16.0. The summed E-state index contributed by atoms with van der Waals surface area (Å²) in [5.74, 6) is 0.339. The molecule has 2 N–H and O–H groups in total. The van der Waals surface area contributed by atoms with Gasteiger partial charge < -0.3 is 9.97 Å². The van der Waals surface area contributed by atoms with Crippen molar-refractivity contribution in [2.75, 3.05) is 0 Å². The summed E-state index contributed by atoms with van der Waals surface area (Å²) in [5, 5.41) is 2.27. The number of H-pyrrole nitrogens is 2. The molecule has 0 amide bonds. The van der Waals surface area contributed by atoms with Gasteiger partial charge >= 0.3 is 0 Å². The van der Waals surface area contributed by atoms with Gasteiger partial charge in [-0.15, -0.1) is 0 Å². The molecule has 33 heavy (non-hydrogen) atoms. The number of carbonyl (C=O) groups excluding carboxylic acids is 2. The van der Waals surface area contributed by atoms with E-state index in [0.29, 0.717) is 25.0 Å². The number of unbranched alkanes of at least 4 members (excludes halogenated alkanes) is 2. The third-order valence-corrected chi connectivity index (χ3v) is 5.58. The van der Waals surface area contributed by atoms with E-state index < -0.39 is 0 Å². The summed E-state index contributed by atoms with van der Waals surface area (Å²) in [6.45, 7) is 6.25. The number of Topliss-reactive ketones (excluding diaryl/α,β-unsaturated/α-hetero) is 1. The molecule has 4 aromatic rings. The normalized spacial score (nSPS) is 10.3. The summed E-state index contributed by atoms with van der Waals surface area (Å²) in [6, 6.07) is 16.4. The molecule has 0 bridgehead atoms. The van der Waals surface area contributed by atoms with Gasteiger partial charge in [-0.2, -0.15) is 0 Å². The maximum Gasteiger partial charge on any atom is 0.221 e. The number of fused-ring (bicyclic) bond motifs is 2. The summed E-state index contributed by atoms with van der Waals surface area (Å²) in [5.41, 5.74) is 4.77. The molecule has 176 valence electrons. The highest BCUT2D eigenvalue weighted by atomic mass is 35.5. The smallest absolute Gasteiger partial charge is 0.221 e. The molecule has 0 radical (unpaired) electrons. The summed E-state index contributed by atoms with van der Waals surface area (Å²) >= 11 is 5.02. The van der Waals surface area contributed by atoms with Crippen molar-refractivity contribution in [3.63, 3.8) is 0 Å². The standard InChI is InChI=1S/C14H17NO.C9H9N.C5H9ClO/c1-2-3-6-12(16)9-11-10-15-14-8-5-4-7-13(11)14;1-7-6-10-9-5-3-2-4-8(7)9;1-2-3-4-5(6)7/h4-5,7-8,10,15H,2-3,6,9H2,1H3;2-6,10H,1H3;2-4H2,1H3. The number of aryl methyl sites for hydroxylation is 1. The first-order valence-electron chi connectivity index (χ1n) is 11.7. The van der Waals surface area contributed by atoms with Gasteiger partial charge in [-0.1, -0.05) is 63.1 Å². The van der Waals surface area contributed by atoms with E-state index in [-0.39, 0.29) is 5.24 Å². The van der Waals surface area contributed by atoms with Crippen molar-refractivity contribution >= 4 is 44.4 Å². The van der Waals surface area contributed by atoms with Crippen LogP contribution >= 0.6 is 11.6 Å². The molecule has 2 heterocycles. The fourth-order valence-corrected chi connectivity index (χ4v) is 3.62. The number of aromatic amines is 2. The van der Waals surface area contributed by atoms with Gasteiger partial charge in [-0.3, -0.25) is 9.59 Å². The van der Waals surface area contributed by atoms with Crippen LogP contribution in [0.3, 0.4) is 0 Å². The lowest BCUT2D eigenvalue weighted by Gasteiger charge is -1.98. The first kappa shape index (κ1) is 26.4. The van der Waals surface area contributed by atoms with Gasteiger partial charge in [0, 0.05) is 53.5 Å². The van der Waals surface area contributed by atoms with Crippen LogP contribution in [0.15, 0.2) is 60.9 Å². The van der Waals surface area contributed by atoms with Crippen LogP contribution < -0.4 is 0 Å². The molecule has 5 heteroatoms. The predicted molar refractivity (Wildman–Crippen MR) is 140 cm³/mol. The second-order valence-corrected chi connectivity index (χ2v) is 8.58. The van der Waals surface area contributed by atoms with Crippen molar-refractivity contribution in [3.8, 4) is 0 Å². The lowest BCUT2D eigenvalue weighted by Crippen LogP contribution is -2.01. The average molecular weight is 467 g/mol. The van der Waals surface area contributed by atoms with E-state index in [1.165, 1.54) is 21.9 Å². The van der Waals surface area contributed by atoms with Crippen LogP contribution in [0.5, 0.6) is 0 Å². The van der Waals surface area contributed by atoms with Crippen molar-refractivity contribution < 1.29 is 9.59 Å². The topological polar surface area (TPSA) is 65.7 Å². The number of carbonyl (C=O) groups is 2. The molecule has 4 rings (SSSR count). The van der Waals surface area contributed by atoms with Crippen molar-refractivity contribution in [3.05, 3.63) is 72.1 Å². The van der Waals surface area contributed by atoms with E-state index in [0.717, 1.165) is 36.8 Å². The van der Waals surface area contributed by atoms with Crippen LogP contribution in [-0.4, -0.2) is 21.0 Å². The van der Waals surface area contributed by atoms with Crippen LogP contribution in [0, 0.1) is 6.92 Å². The summed E-state index contributed by atoms with van der Waals surface area (Å²) in [7, 11) is 0. The largest absolute Gasteiger partial charge is 0.361 e. The Morgan fingerprint density at radius 3 is 1.91 bits per heavy atom. The molecule has 2 aromatic heterocycles. The van der Waals surface area contributed by atoms with E-state index in [1.54, 1.807) is 0 Å². The molecule has 0 unspecified atom stereocenters.